The minimum atomic E-state index is 0.379. The van der Waals surface area contributed by atoms with Crippen LogP contribution in [0.3, 0.4) is 0 Å². The van der Waals surface area contributed by atoms with Gasteiger partial charge in [-0.1, -0.05) is 77.7 Å². The van der Waals surface area contributed by atoms with Gasteiger partial charge in [-0.05, 0) is 92.3 Å². The smallest absolute Gasteiger partial charge is 0.00788 e. The lowest BCUT2D eigenvalue weighted by atomic mass is 9.60. The Bertz CT molecular complexity index is 594. The number of nitrogens with two attached hydrogens (primary N) is 1. The number of fused-ring (bicyclic) bond motifs is 1. The van der Waals surface area contributed by atoms with Crippen molar-refractivity contribution in [2.24, 2.45) is 40.2 Å². The highest BCUT2D eigenvalue weighted by molar-refractivity contribution is 5.26. The second kappa shape index (κ2) is 9.29. The molecule has 1 nitrogen and oxygen atoms in total. The van der Waals surface area contributed by atoms with Gasteiger partial charge in [0.2, 0.25) is 0 Å². The molecule has 166 valence electrons. The summed E-state index contributed by atoms with van der Waals surface area (Å²) >= 11 is 0. The summed E-state index contributed by atoms with van der Waals surface area (Å²) in [4.78, 5) is 0. The van der Waals surface area contributed by atoms with E-state index < -0.39 is 0 Å². The normalized spacial score (nSPS) is 39.7. The fourth-order valence-electron chi connectivity index (χ4n) is 7.28. The van der Waals surface area contributed by atoms with Gasteiger partial charge < -0.3 is 5.73 Å². The maximum atomic E-state index is 6.29. The van der Waals surface area contributed by atoms with E-state index in [9.17, 15) is 0 Å². The van der Waals surface area contributed by atoms with Gasteiger partial charge in [-0.25, -0.2) is 0 Å². The van der Waals surface area contributed by atoms with Gasteiger partial charge in [0.25, 0.3) is 0 Å². The van der Waals surface area contributed by atoms with Crippen LogP contribution in [0.25, 0.3) is 0 Å². The Kier molecular flexibility index (Phi) is 7.40. The van der Waals surface area contributed by atoms with E-state index in [4.69, 9.17) is 5.73 Å². The van der Waals surface area contributed by atoms with Crippen LogP contribution in [0.15, 0.2) is 23.3 Å². The van der Waals surface area contributed by atoms with Crippen molar-refractivity contribution in [2.75, 3.05) is 0 Å². The van der Waals surface area contributed by atoms with E-state index in [0.717, 1.165) is 30.1 Å². The first kappa shape index (κ1) is 23.1. The Labute approximate surface area is 182 Å². The third-order valence-electron chi connectivity index (χ3n) is 8.68. The molecule has 3 fully saturated rings. The van der Waals surface area contributed by atoms with Crippen molar-refractivity contribution in [1.82, 2.24) is 0 Å². The zero-order chi connectivity index (χ0) is 21.2. The third kappa shape index (κ3) is 5.78. The number of rotatable bonds is 5. The SMILES string of the molecule is C[C@@H]1C/C(=C/C=C2\CCC[C@]3(C)[C@@H]([C@H](C)CCCC(C)(C)C)CC[C@@H]23)C[C@@H](N)C1. The second-order valence-electron chi connectivity index (χ2n) is 12.6. The van der Waals surface area contributed by atoms with Gasteiger partial charge in [0.1, 0.15) is 0 Å². The molecular formula is C28H49N. The molecule has 3 saturated carbocycles. The molecule has 3 aliphatic rings. The Morgan fingerprint density at radius 3 is 2.62 bits per heavy atom. The van der Waals surface area contributed by atoms with Gasteiger partial charge in [0, 0.05) is 6.04 Å². The molecule has 0 saturated heterocycles. The largest absolute Gasteiger partial charge is 0.327 e. The molecule has 0 radical (unpaired) electrons. The quantitative estimate of drug-likeness (QED) is 0.497. The van der Waals surface area contributed by atoms with Gasteiger partial charge in [0.15, 0.2) is 0 Å². The maximum absolute atomic E-state index is 6.29. The van der Waals surface area contributed by atoms with Crippen LogP contribution in [-0.2, 0) is 0 Å². The molecule has 0 aliphatic heterocycles. The monoisotopic (exact) mass is 399 g/mol. The zero-order valence-electron chi connectivity index (χ0n) is 20.4. The number of hydrogen-bond acceptors (Lipinski definition) is 1. The lowest BCUT2D eigenvalue weighted by Gasteiger charge is -2.44. The van der Waals surface area contributed by atoms with E-state index in [1.165, 1.54) is 64.2 Å². The fraction of sp³-hybridized carbons (Fsp3) is 0.857. The molecule has 29 heavy (non-hydrogen) atoms. The van der Waals surface area contributed by atoms with E-state index in [2.05, 4.69) is 53.7 Å². The molecule has 3 rings (SSSR count). The average molecular weight is 400 g/mol. The standard InChI is InChI=1S/C28H49N/c1-20-17-22(19-24(29)18-20)11-12-23-10-8-16-28(6)25(13-14-26(23)28)21(2)9-7-15-27(3,4)5/h11-12,20-21,24-26H,7-10,13-19,29H2,1-6H3/b22-11-,23-12+/t20-,21-,24+,25-,26+,28-/m1/s1. The van der Waals surface area contributed by atoms with Crippen LogP contribution in [0.4, 0.5) is 0 Å². The fourth-order valence-corrected chi connectivity index (χ4v) is 7.28. The van der Waals surface area contributed by atoms with Gasteiger partial charge in [-0.15, -0.1) is 0 Å². The lowest BCUT2D eigenvalue weighted by Crippen LogP contribution is -2.36. The average Bonchev–Trinajstić information content (AvgIpc) is 2.95. The topological polar surface area (TPSA) is 26.0 Å². The van der Waals surface area contributed by atoms with Crippen LogP contribution in [0.2, 0.25) is 0 Å². The highest BCUT2D eigenvalue weighted by Gasteiger charge is 2.50. The Morgan fingerprint density at radius 2 is 1.93 bits per heavy atom. The van der Waals surface area contributed by atoms with Gasteiger partial charge in [-0.2, -0.15) is 0 Å². The first-order chi connectivity index (χ1) is 13.6. The Balaban J connectivity index is 1.66. The minimum Gasteiger partial charge on any atom is -0.327 e. The predicted molar refractivity (Wildman–Crippen MR) is 128 cm³/mol. The Hall–Kier alpha value is -0.560. The molecule has 6 atom stereocenters. The van der Waals surface area contributed by atoms with Gasteiger partial charge >= 0.3 is 0 Å². The summed E-state index contributed by atoms with van der Waals surface area (Å²) in [6.07, 6.45) is 19.8. The van der Waals surface area contributed by atoms with Crippen LogP contribution in [0.5, 0.6) is 0 Å². The molecule has 0 spiro atoms. The van der Waals surface area contributed by atoms with Crippen molar-refractivity contribution in [3.63, 3.8) is 0 Å². The molecule has 0 aromatic carbocycles. The van der Waals surface area contributed by atoms with E-state index >= 15 is 0 Å². The zero-order valence-corrected chi connectivity index (χ0v) is 20.4. The van der Waals surface area contributed by atoms with Crippen LogP contribution in [0.1, 0.15) is 112 Å². The lowest BCUT2D eigenvalue weighted by molar-refractivity contribution is 0.0920. The predicted octanol–water partition coefficient (Wildman–Crippen LogP) is 8.06. The highest BCUT2D eigenvalue weighted by atomic mass is 14.6. The van der Waals surface area contributed by atoms with Crippen LogP contribution in [-0.4, -0.2) is 6.04 Å². The molecule has 0 bridgehead atoms. The summed E-state index contributed by atoms with van der Waals surface area (Å²) in [5.41, 5.74) is 10.7. The first-order valence-corrected chi connectivity index (χ1v) is 12.7. The number of allylic oxidation sites excluding steroid dienone is 3. The van der Waals surface area contributed by atoms with Gasteiger partial charge in [0.05, 0.1) is 0 Å². The van der Waals surface area contributed by atoms with Gasteiger partial charge in [-0.3, -0.25) is 0 Å². The van der Waals surface area contributed by atoms with E-state index in [0.29, 0.717) is 16.9 Å². The van der Waals surface area contributed by atoms with Crippen molar-refractivity contribution in [2.45, 2.75) is 118 Å². The molecular weight excluding hydrogens is 350 g/mol. The Morgan fingerprint density at radius 1 is 1.17 bits per heavy atom. The molecule has 0 heterocycles. The second-order valence-corrected chi connectivity index (χ2v) is 12.6. The first-order valence-electron chi connectivity index (χ1n) is 12.7. The summed E-state index contributed by atoms with van der Waals surface area (Å²) in [5, 5.41) is 0. The molecule has 0 amide bonds. The molecule has 0 aromatic heterocycles. The molecule has 0 aromatic rings. The summed E-state index contributed by atoms with van der Waals surface area (Å²) in [6, 6.07) is 0.379. The molecule has 0 unspecified atom stereocenters. The van der Waals surface area contributed by atoms with Crippen molar-refractivity contribution < 1.29 is 0 Å². The maximum Gasteiger partial charge on any atom is 0.00788 e. The molecule has 3 aliphatic carbocycles. The van der Waals surface area contributed by atoms with E-state index in [1.807, 2.05) is 0 Å². The van der Waals surface area contributed by atoms with E-state index in [-0.39, 0.29) is 0 Å². The summed E-state index contributed by atoms with van der Waals surface area (Å²) in [7, 11) is 0. The summed E-state index contributed by atoms with van der Waals surface area (Å²) < 4.78 is 0. The molecule has 1 heteroatoms. The van der Waals surface area contributed by atoms with Crippen LogP contribution in [0, 0.1) is 34.5 Å². The third-order valence-corrected chi connectivity index (χ3v) is 8.68. The van der Waals surface area contributed by atoms with E-state index in [1.54, 1.807) is 11.1 Å². The number of hydrogen-bond donors (Lipinski definition) is 1. The summed E-state index contributed by atoms with van der Waals surface area (Å²) in [6.45, 7) is 14.7. The highest BCUT2D eigenvalue weighted by Crippen LogP contribution is 2.60. The summed E-state index contributed by atoms with van der Waals surface area (Å²) in [5.74, 6) is 3.39. The van der Waals surface area contributed by atoms with Crippen LogP contribution >= 0.6 is 0 Å². The van der Waals surface area contributed by atoms with Crippen molar-refractivity contribution in [3.8, 4) is 0 Å². The minimum absolute atomic E-state index is 0.379. The van der Waals surface area contributed by atoms with Crippen molar-refractivity contribution >= 4 is 0 Å². The van der Waals surface area contributed by atoms with Crippen LogP contribution < -0.4 is 5.73 Å². The van der Waals surface area contributed by atoms with Crippen molar-refractivity contribution in [1.29, 1.82) is 0 Å². The molecule has 2 N–H and O–H groups in total. The van der Waals surface area contributed by atoms with Crippen molar-refractivity contribution in [3.05, 3.63) is 23.3 Å².